The maximum absolute atomic E-state index is 5.57. The molecular weight excluding hydrogens is 258 g/mol. The summed E-state index contributed by atoms with van der Waals surface area (Å²) in [7, 11) is 0. The highest BCUT2D eigenvalue weighted by Gasteiger charge is 2.41. The summed E-state index contributed by atoms with van der Waals surface area (Å²) in [4.78, 5) is 0. The van der Waals surface area contributed by atoms with Gasteiger partial charge in [0.2, 0.25) is 0 Å². The number of piperidine rings is 1. The third-order valence-electron chi connectivity index (χ3n) is 4.27. The first-order chi connectivity index (χ1) is 9.76. The van der Waals surface area contributed by atoms with Gasteiger partial charge in [-0.3, -0.25) is 5.01 Å². The molecule has 0 saturated carbocycles. The van der Waals surface area contributed by atoms with E-state index in [-0.39, 0.29) is 11.1 Å². The molecule has 0 aromatic heterocycles. The normalized spacial score (nSPS) is 20.5. The molecule has 1 aliphatic heterocycles. The van der Waals surface area contributed by atoms with E-state index in [1.54, 1.807) is 0 Å². The van der Waals surface area contributed by atoms with Crippen LogP contribution in [0.15, 0.2) is 28.5 Å². The molecule has 112 valence electrons. The van der Waals surface area contributed by atoms with Gasteiger partial charge in [-0.25, -0.2) is 0 Å². The van der Waals surface area contributed by atoms with Crippen molar-refractivity contribution in [3.8, 4) is 12.3 Å². The van der Waals surface area contributed by atoms with Crippen molar-refractivity contribution in [1.82, 2.24) is 5.01 Å². The van der Waals surface area contributed by atoms with Gasteiger partial charge < -0.3 is 0 Å². The van der Waals surface area contributed by atoms with Crippen LogP contribution in [0.5, 0.6) is 0 Å². The first kappa shape index (κ1) is 15.6. The highest BCUT2D eigenvalue weighted by molar-refractivity contribution is 5.55. The van der Waals surface area contributed by atoms with Gasteiger partial charge in [-0.15, -0.1) is 11.5 Å². The molecule has 1 aliphatic rings. The Kier molecular flexibility index (Phi) is 4.09. The fourth-order valence-corrected chi connectivity index (χ4v) is 3.17. The molecule has 1 fully saturated rings. The number of aryl methyl sites for hydroxylation is 1. The number of rotatable bonds is 2. The molecule has 1 heterocycles. The quantitative estimate of drug-likeness (QED) is 0.553. The Morgan fingerprint density at radius 2 is 1.76 bits per heavy atom. The molecule has 21 heavy (non-hydrogen) atoms. The van der Waals surface area contributed by atoms with Crippen LogP contribution >= 0.6 is 0 Å². The largest absolute Gasteiger partial charge is 0.267 e. The first-order valence-corrected chi connectivity index (χ1v) is 7.55. The average Bonchev–Trinajstić information content (AvgIpc) is 2.38. The van der Waals surface area contributed by atoms with Gasteiger partial charge in [0.05, 0.1) is 16.6 Å². The molecule has 0 aliphatic carbocycles. The number of nitrogens with zero attached hydrogens (tertiary/aromatic N) is 3. The van der Waals surface area contributed by atoms with Gasteiger partial charge in [0.15, 0.2) is 0 Å². The third-order valence-corrected chi connectivity index (χ3v) is 4.27. The van der Waals surface area contributed by atoms with Crippen molar-refractivity contribution in [3.63, 3.8) is 0 Å². The van der Waals surface area contributed by atoms with Crippen LogP contribution in [0.25, 0.3) is 0 Å². The van der Waals surface area contributed by atoms with E-state index < -0.39 is 0 Å². The van der Waals surface area contributed by atoms with Crippen LogP contribution in [0.3, 0.4) is 0 Å². The predicted octanol–water partition coefficient (Wildman–Crippen LogP) is 5.02. The van der Waals surface area contributed by atoms with Gasteiger partial charge in [0.1, 0.15) is 5.69 Å². The third kappa shape index (κ3) is 3.26. The highest BCUT2D eigenvalue weighted by Crippen LogP contribution is 2.39. The van der Waals surface area contributed by atoms with E-state index in [0.717, 1.165) is 29.7 Å². The number of hydrogen-bond acceptors (Lipinski definition) is 2. The van der Waals surface area contributed by atoms with Crippen molar-refractivity contribution in [2.45, 2.75) is 65.0 Å². The summed E-state index contributed by atoms with van der Waals surface area (Å²) < 4.78 is 0. The second kappa shape index (κ2) is 5.52. The molecular formula is C18H25N3. The average molecular weight is 283 g/mol. The Morgan fingerprint density at radius 1 is 1.14 bits per heavy atom. The molecule has 0 bridgehead atoms. The zero-order valence-corrected chi connectivity index (χ0v) is 13.8. The smallest absolute Gasteiger partial charge is 0.103 e. The van der Waals surface area contributed by atoms with Crippen molar-refractivity contribution >= 4 is 5.69 Å². The monoisotopic (exact) mass is 283 g/mol. The van der Waals surface area contributed by atoms with E-state index in [0.29, 0.717) is 0 Å². The van der Waals surface area contributed by atoms with Gasteiger partial charge in [0.25, 0.3) is 0 Å². The van der Waals surface area contributed by atoms with E-state index in [4.69, 9.17) is 6.42 Å². The Balaban J connectivity index is 2.33. The lowest BCUT2D eigenvalue weighted by Gasteiger charge is -2.50. The molecule has 1 aromatic rings. The fourth-order valence-electron chi connectivity index (χ4n) is 3.17. The van der Waals surface area contributed by atoms with E-state index in [2.05, 4.69) is 49.0 Å². The van der Waals surface area contributed by atoms with E-state index in [9.17, 15) is 0 Å². The second-order valence-corrected chi connectivity index (χ2v) is 7.14. The van der Waals surface area contributed by atoms with E-state index in [1.165, 1.54) is 6.42 Å². The van der Waals surface area contributed by atoms with Gasteiger partial charge in [0, 0.05) is 0 Å². The maximum Gasteiger partial charge on any atom is 0.103 e. The number of hydrogen-bond donors (Lipinski definition) is 0. The summed E-state index contributed by atoms with van der Waals surface area (Å²) in [6.45, 7) is 10.9. The summed E-state index contributed by atoms with van der Waals surface area (Å²) in [6.07, 6.45) is 9.06. The summed E-state index contributed by atoms with van der Waals surface area (Å²) in [5, 5.41) is 11.1. The van der Waals surface area contributed by atoms with Crippen LogP contribution in [0.4, 0.5) is 5.69 Å². The van der Waals surface area contributed by atoms with E-state index >= 15 is 0 Å². The molecule has 2 rings (SSSR count). The van der Waals surface area contributed by atoms with Gasteiger partial charge >= 0.3 is 0 Å². The van der Waals surface area contributed by atoms with E-state index in [1.807, 2.05) is 25.1 Å². The lowest BCUT2D eigenvalue weighted by molar-refractivity contribution is -0.0318. The maximum atomic E-state index is 5.57. The van der Waals surface area contributed by atoms with Gasteiger partial charge in [-0.2, -0.15) is 0 Å². The molecule has 0 N–H and O–H groups in total. The Hall–Kier alpha value is -1.82. The minimum Gasteiger partial charge on any atom is -0.267 e. The van der Waals surface area contributed by atoms with Crippen LogP contribution in [-0.4, -0.2) is 16.1 Å². The molecule has 0 radical (unpaired) electrons. The first-order valence-electron chi connectivity index (χ1n) is 7.55. The Morgan fingerprint density at radius 3 is 2.33 bits per heavy atom. The van der Waals surface area contributed by atoms with Crippen LogP contribution < -0.4 is 0 Å². The van der Waals surface area contributed by atoms with Crippen LogP contribution in [0.1, 0.15) is 58.1 Å². The zero-order chi connectivity index (χ0) is 15.7. The number of terminal acetylenes is 1. The Labute approximate surface area is 128 Å². The lowest BCUT2D eigenvalue weighted by Crippen LogP contribution is -2.55. The predicted molar refractivity (Wildman–Crippen MR) is 87.5 cm³/mol. The van der Waals surface area contributed by atoms with Crippen molar-refractivity contribution in [2.24, 2.45) is 10.3 Å². The molecule has 1 aromatic carbocycles. The SMILES string of the molecule is C#Cc1cc(C)ccc1N=NN1C(C)(C)CCCC1(C)C. The molecule has 3 heteroatoms. The van der Waals surface area contributed by atoms with Crippen LogP contribution in [0.2, 0.25) is 0 Å². The highest BCUT2D eigenvalue weighted by atomic mass is 15.6. The topological polar surface area (TPSA) is 28.0 Å². The van der Waals surface area contributed by atoms with Crippen molar-refractivity contribution in [1.29, 1.82) is 0 Å². The summed E-state index contributed by atoms with van der Waals surface area (Å²) in [5.41, 5.74) is 2.74. The van der Waals surface area contributed by atoms with Crippen LogP contribution in [0, 0.1) is 19.3 Å². The summed E-state index contributed by atoms with van der Waals surface area (Å²) >= 11 is 0. The fraction of sp³-hybridized carbons (Fsp3) is 0.556. The summed E-state index contributed by atoms with van der Waals surface area (Å²) in [6, 6.07) is 5.93. The van der Waals surface area contributed by atoms with Gasteiger partial charge in [-0.05, 0) is 71.6 Å². The zero-order valence-electron chi connectivity index (χ0n) is 13.8. The molecule has 0 spiro atoms. The molecule has 1 saturated heterocycles. The molecule has 3 nitrogen and oxygen atoms in total. The van der Waals surface area contributed by atoms with Crippen molar-refractivity contribution in [2.75, 3.05) is 0 Å². The molecule has 0 atom stereocenters. The van der Waals surface area contributed by atoms with Crippen molar-refractivity contribution in [3.05, 3.63) is 29.3 Å². The molecule has 0 amide bonds. The second-order valence-electron chi connectivity index (χ2n) is 7.14. The summed E-state index contributed by atoms with van der Waals surface area (Å²) in [5.74, 6) is 2.69. The van der Waals surface area contributed by atoms with Crippen molar-refractivity contribution < 1.29 is 0 Å². The van der Waals surface area contributed by atoms with Crippen LogP contribution in [-0.2, 0) is 0 Å². The minimum atomic E-state index is 0.0201. The lowest BCUT2D eigenvalue weighted by atomic mass is 9.82. The minimum absolute atomic E-state index is 0.0201. The standard InChI is InChI=1S/C18H25N3/c1-7-15-13-14(2)9-10-16(15)19-20-21-17(3,4)11-8-12-18(21,5)6/h1,9-10,13H,8,11-12H2,2-6H3. The number of benzene rings is 1. The molecule has 0 unspecified atom stereocenters. The van der Waals surface area contributed by atoms with Gasteiger partial charge in [-0.1, -0.05) is 17.2 Å². The Bertz CT molecular complexity index is 575.